The summed E-state index contributed by atoms with van der Waals surface area (Å²) in [4.78, 5) is 10.2. The van der Waals surface area contributed by atoms with Gasteiger partial charge in [-0.15, -0.1) is 0 Å². The number of halogens is 2. The van der Waals surface area contributed by atoms with Gasteiger partial charge in [0.25, 0.3) is 0 Å². The number of hydrogen-bond acceptors (Lipinski definition) is 3. The molecule has 104 valence electrons. The highest BCUT2D eigenvalue weighted by molar-refractivity contribution is 7.91. The molecule has 7 heteroatoms. The molecule has 0 amide bonds. The van der Waals surface area contributed by atoms with E-state index < -0.39 is 32.1 Å². The summed E-state index contributed by atoms with van der Waals surface area (Å²) in [6.07, 6.45) is 2.57. The molecule has 0 saturated heterocycles. The molecule has 1 aromatic carbocycles. The average Bonchev–Trinajstić information content (AvgIpc) is 2.26. The van der Waals surface area contributed by atoms with E-state index in [4.69, 9.17) is 16.7 Å². The van der Waals surface area contributed by atoms with Gasteiger partial charge < -0.3 is 5.11 Å². The highest BCUT2D eigenvalue weighted by atomic mass is 35.5. The molecular weight excluding hydrogens is 295 g/mol. The minimum atomic E-state index is -3.85. The van der Waals surface area contributed by atoms with Crippen LogP contribution in [0.3, 0.4) is 0 Å². The maximum atomic E-state index is 14.0. The third kappa shape index (κ3) is 2.90. The second-order valence-corrected chi connectivity index (χ2v) is 7.09. The highest BCUT2D eigenvalue weighted by Crippen LogP contribution is 2.32. The first-order valence-corrected chi connectivity index (χ1v) is 7.79. The van der Waals surface area contributed by atoms with Crippen molar-refractivity contribution in [1.29, 1.82) is 0 Å². The van der Waals surface area contributed by atoms with Crippen molar-refractivity contribution in [3.05, 3.63) is 28.5 Å². The van der Waals surface area contributed by atoms with Crippen molar-refractivity contribution >= 4 is 27.4 Å². The maximum Gasteiger partial charge on any atom is 0.338 e. The van der Waals surface area contributed by atoms with E-state index in [1.54, 1.807) is 0 Å². The number of carboxylic acids is 1. The van der Waals surface area contributed by atoms with E-state index in [-0.39, 0.29) is 16.7 Å². The number of rotatable bonds is 4. The van der Waals surface area contributed by atoms with E-state index in [2.05, 4.69) is 0 Å². The molecule has 1 aliphatic rings. The lowest BCUT2D eigenvalue weighted by molar-refractivity contribution is 0.0691. The summed E-state index contributed by atoms with van der Waals surface area (Å²) in [7, 11) is -3.85. The van der Waals surface area contributed by atoms with Crippen LogP contribution in [0.15, 0.2) is 17.0 Å². The van der Waals surface area contributed by atoms with Crippen LogP contribution in [-0.4, -0.2) is 25.2 Å². The molecule has 0 radical (unpaired) electrons. The maximum absolute atomic E-state index is 14.0. The SMILES string of the molecule is O=C(O)c1cc(Cl)cc(S(=O)(=O)CC2CCC2)c1F. The molecule has 1 N–H and O–H groups in total. The van der Waals surface area contributed by atoms with Crippen LogP contribution >= 0.6 is 11.6 Å². The molecule has 2 rings (SSSR count). The van der Waals surface area contributed by atoms with Gasteiger partial charge in [-0.2, -0.15) is 0 Å². The van der Waals surface area contributed by atoms with Crippen molar-refractivity contribution in [1.82, 2.24) is 0 Å². The van der Waals surface area contributed by atoms with Crippen LogP contribution in [0.5, 0.6) is 0 Å². The fourth-order valence-electron chi connectivity index (χ4n) is 2.01. The van der Waals surface area contributed by atoms with E-state index in [1.165, 1.54) is 0 Å². The largest absolute Gasteiger partial charge is 0.478 e. The van der Waals surface area contributed by atoms with Gasteiger partial charge in [0.05, 0.1) is 11.3 Å². The second kappa shape index (κ2) is 5.09. The fourth-order valence-corrected chi connectivity index (χ4v) is 4.11. The molecule has 1 aliphatic carbocycles. The van der Waals surface area contributed by atoms with Gasteiger partial charge in [-0.05, 0) is 30.9 Å². The van der Waals surface area contributed by atoms with E-state index in [1.807, 2.05) is 0 Å². The number of sulfone groups is 1. The second-order valence-electron chi connectivity index (χ2n) is 4.65. The number of carboxylic acid groups (broad SMARTS) is 1. The van der Waals surface area contributed by atoms with Gasteiger partial charge in [-0.3, -0.25) is 0 Å². The van der Waals surface area contributed by atoms with Gasteiger partial charge in [-0.25, -0.2) is 17.6 Å². The first kappa shape index (κ1) is 14.3. The van der Waals surface area contributed by atoms with Gasteiger partial charge in [0.15, 0.2) is 15.7 Å². The van der Waals surface area contributed by atoms with Crippen molar-refractivity contribution in [2.75, 3.05) is 5.75 Å². The predicted octanol–water partition coefficient (Wildman–Crippen LogP) is 2.75. The zero-order valence-electron chi connectivity index (χ0n) is 9.90. The molecule has 0 aliphatic heterocycles. The standard InChI is InChI=1S/C12H12ClFO4S/c13-8-4-9(12(15)16)11(14)10(5-8)19(17,18)6-7-2-1-3-7/h4-5,7H,1-3,6H2,(H,15,16). The van der Waals surface area contributed by atoms with Crippen LogP contribution in [0.4, 0.5) is 4.39 Å². The Hall–Kier alpha value is -1.14. The van der Waals surface area contributed by atoms with Crippen LogP contribution in [-0.2, 0) is 9.84 Å². The molecule has 1 saturated carbocycles. The molecule has 0 bridgehead atoms. The lowest BCUT2D eigenvalue weighted by Crippen LogP contribution is -2.23. The molecule has 0 atom stereocenters. The molecule has 0 unspecified atom stereocenters. The van der Waals surface area contributed by atoms with Crippen molar-refractivity contribution in [3.63, 3.8) is 0 Å². The van der Waals surface area contributed by atoms with Crippen molar-refractivity contribution < 1.29 is 22.7 Å². The molecule has 19 heavy (non-hydrogen) atoms. The summed E-state index contributed by atoms with van der Waals surface area (Å²) in [5, 5.41) is 8.72. The summed E-state index contributed by atoms with van der Waals surface area (Å²) in [6, 6.07) is 1.87. The first-order chi connectivity index (χ1) is 8.81. The first-order valence-electron chi connectivity index (χ1n) is 5.76. The van der Waals surface area contributed by atoms with E-state index in [0.717, 1.165) is 31.4 Å². The molecular formula is C12H12ClFO4S. The Morgan fingerprint density at radius 2 is 2.05 bits per heavy atom. The Kier molecular flexibility index (Phi) is 3.82. The normalized spacial score (nSPS) is 16.1. The molecule has 1 fully saturated rings. The van der Waals surface area contributed by atoms with Gasteiger partial charge in [0, 0.05) is 5.02 Å². The van der Waals surface area contributed by atoms with Crippen molar-refractivity contribution in [2.45, 2.75) is 24.2 Å². The summed E-state index contributed by atoms with van der Waals surface area (Å²) in [5.41, 5.74) is -0.723. The van der Waals surface area contributed by atoms with Crippen LogP contribution in [0, 0.1) is 11.7 Å². The third-order valence-corrected chi connectivity index (χ3v) is 5.34. The lowest BCUT2D eigenvalue weighted by atomic mass is 9.87. The Bertz CT molecular complexity index is 623. The summed E-state index contributed by atoms with van der Waals surface area (Å²) < 4.78 is 38.1. The molecule has 0 spiro atoms. The molecule has 1 aromatic rings. The fraction of sp³-hybridized carbons (Fsp3) is 0.417. The lowest BCUT2D eigenvalue weighted by Gasteiger charge is -2.25. The molecule has 0 aromatic heterocycles. The minimum Gasteiger partial charge on any atom is -0.478 e. The van der Waals surface area contributed by atoms with Crippen LogP contribution < -0.4 is 0 Å². The van der Waals surface area contributed by atoms with E-state index in [0.29, 0.717) is 0 Å². The smallest absolute Gasteiger partial charge is 0.338 e. The number of hydrogen-bond donors (Lipinski definition) is 1. The van der Waals surface area contributed by atoms with Crippen molar-refractivity contribution in [3.8, 4) is 0 Å². The van der Waals surface area contributed by atoms with Gasteiger partial charge in [0.1, 0.15) is 4.90 Å². The quantitative estimate of drug-likeness (QED) is 0.928. The Morgan fingerprint density at radius 3 is 2.53 bits per heavy atom. The minimum absolute atomic E-state index is 0.0247. The molecule has 0 heterocycles. The Balaban J connectivity index is 2.46. The van der Waals surface area contributed by atoms with Gasteiger partial charge in [-0.1, -0.05) is 18.0 Å². The average molecular weight is 307 g/mol. The monoisotopic (exact) mass is 306 g/mol. The Labute approximate surface area is 115 Å². The number of aromatic carboxylic acids is 1. The topological polar surface area (TPSA) is 71.4 Å². The molecule has 4 nitrogen and oxygen atoms in total. The Morgan fingerprint density at radius 1 is 1.42 bits per heavy atom. The van der Waals surface area contributed by atoms with Crippen LogP contribution in [0.25, 0.3) is 0 Å². The van der Waals surface area contributed by atoms with E-state index in [9.17, 15) is 17.6 Å². The number of carbonyl (C=O) groups is 1. The van der Waals surface area contributed by atoms with Gasteiger partial charge >= 0.3 is 5.97 Å². The zero-order chi connectivity index (χ0) is 14.2. The van der Waals surface area contributed by atoms with Crippen molar-refractivity contribution in [2.24, 2.45) is 5.92 Å². The van der Waals surface area contributed by atoms with Crippen LogP contribution in [0.1, 0.15) is 29.6 Å². The predicted molar refractivity (Wildman–Crippen MR) is 67.8 cm³/mol. The van der Waals surface area contributed by atoms with E-state index >= 15 is 0 Å². The highest BCUT2D eigenvalue weighted by Gasteiger charge is 2.30. The zero-order valence-corrected chi connectivity index (χ0v) is 11.5. The summed E-state index contributed by atoms with van der Waals surface area (Å²) >= 11 is 5.66. The summed E-state index contributed by atoms with van der Waals surface area (Å²) in [6.45, 7) is 0. The van der Waals surface area contributed by atoms with Crippen LogP contribution in [0.2, 0.25) is 5.02 Å². The number of benzene rings is 1. The third-order valence-electron chi connectivity index (χ3n) is 3.25. The summed E-state index contributed by atoms with van der Waals surface area (Å²) in [5.74, 6) is -2.92. The van der Waals surface area contributed by atoms with Gasteiger partial charge in [0.2, 0.25) is 0 Å².